The van der Waals surface area contributed by atoms with Crippen molar-refractivity contribution >= 4 is 44.8 Å². The maximum absolute atomic E-state index is 6.24. The Morgan fingerprint density at radius 3 is 2.43 bits per heavy atom. The lowest BCUT2D eigenvalue weighted by atomic mass is 10.1. The van der Waals surface area contributed by atoms with E-state index in [1.54, 1.807) is 7.11 Å². The molecule has 0 aliphatic carbocycles. The van der Waals surface area contributed by atoms with E-state index in [-0.39, 0.29) is 6.04 Å². The van der Waals surface area contributed by atoms with Crippen LogP contribution in [0.3, 0.4) is 0 Å². The summed E-state index contributed by atoms with van der Waals surface area (Å²) in [6.45, 7) is 2.08. The van der Waals surface area contributed by atoms with E-state index in [0.717, 1.165) is 27.9 Å². The summed E-state index contributed by atoms with van der Waals surface area (Å²) < 4.78 is 6.24. The van der Waals surface area contributed by atoms with Crippen LogP contribution in [0.2, 0.25) is 10.0 Å². The Hall–Kier alpha value is -0.900. The fourth-order valence-corrected chi connectivity index (χ4v) is 3.50. The molecule has 0 bridgehead atoms. The number of benzene rings is 2. The fraction of sp³-hybridized carbons (Fsp3) is 0.250. The summed E-state index contributed by atoms with van der Waals surface area (Å²) in [6.07, 6.45) is 0.812. The van der Waals surface area contributed by atoms with Crippen LogP contribution >= 0.6 is 39.1 Å². The second kappa shape index (κ2) is 7.39. The van der Waals surface area contributed by atoms with Crippen LogP contribution in [-0.4, -0.2) is 13.2 Å². The van der Waals surface area contributed by atoms with Gasteiger partial charge in [0.1, 0.15) is 5.75 Å². The largest absolute Gasteiger partial charge is 0.496 e. The van der Waals surface area contributed by atoms with E-state index in [0.29, 0.717) is 10.0 Å². The van der Waals surface area contributed by atoms with Crippen molar-refractivity contribution in [3.05, 3.63) is 56.5 Å². The Morgan fingerprint density at radius 2 is 1.81 bits per heavy atom. The Labute approximate surface area is 143 Å². The Balaban J connectivity index is 2.14. The molecular weight excluding hydrogens is 373 g/mol. The highest BCUT2D eigenvalue weighted by Crippen LogP contribution is 2.34. The van der Waals surface area contributed by atoms with Gasteiger partial charge in [-0.3, -0.25) is 0 Å². The van der Waals surface area contributed by atoms with Gasteiger partial charge in [-0.1, -0.05) is 57.3 Å². The zero-order valence-corrected chi connectivity index (χ0v) is 14.9. The number of nitrogens with one attached hydrogen (secondary N) is 1. The number of halogens is 3. The lowest BCUT2D eigenvalue weighted by Gasteiger charge is -2.19. The van der Waals surface area contributed by atoms with E-state index in [1.807, 2.05) is 30.3 Å². The van der Waals surface area contributed by atoms with Crippen LogP contribution in [0.25, 0.3) is 0 Å². The molecule has 1 N–H and O–H groups in total. The molecule has 21 heavy (non-hydrogen) atoms. The van der Waals surface area contributed by atoms with Crippen molar-refractivity contribution in [3.63, 3.8) is 0 Å². The summed E-state index contributed by atoms with van der Waals surface area (Å²) in [4.78, 5) is 0. The summed E-state index contributed by atoms with van der Waals surface area (Å²) in [5.74, 6) is 0.888. The average molecular weight is 389 g/mol. The first-order valence-electron chi connectivity index (χ1n) is 6.54. The number of para-hydroxylation sites is 1. The third kappa shape index (κ3) is 4.29. The zero-order valence-electron chi connectivity index (χ0n) is 11.8. The number of hydrogen-bond acceptors (Lipinski definition) is 2. The minimum atomic E-state index is 0.164. The monoisotopic (exact) mass is 387 g/mol. The SMILES string of the molecule is COc1ccccc1CC(C)Nc1c(Cl)cc(Br)cc1Cl. The predicted octanol–water partition coefficient (Wildman–Crippen LogP) is 5.81. The van der Waals surface area contributed by atoms with Gasteiger partial charge >= 0.3 is 0 Å². The molecule has 2 rings (SSSR count). The topological polar surface area (TPSA) is 21.3 Å². The summed E-state index contributed by atoms with van der Waals surface area (Å²) in [7, 11) is 1.68. The van der Waals surface area contributed by atoms with Crippen LogP contribution < -0.4 is 10.1 Å². The maximum atomic E-state index is 6.24. The lowest BCUT2D eigenvalue weighted by molar-refractivity contribution is 0.409. The summed E-state index contributed by atoms with van der Waals surface area (Å²) in [5, 5.41) is 4.56. The molecular formula is C16H16BrCl2NO. The van der Waals surface area contributed by atoms with Gasteiger partial charge in [-0.15, -0.1) is 0 Å². The molecule has 0 radical (unpaired) electrons. The predicted molar refractivity (Wildman–Crippen MR) is 93.9 cm³/mol. The molecule has 2 nitrogen and oxygen atoms in total. The van der Waals surface area contributed by atoms with Crippen molar-refractivity contribution in [3.8, 4) is 5.75 Å². The highest BCUT2D eigenvalue weighted by molar-refractivity contribution is 9.10. The van der Waals surface area contributed by atoms with Crippen LogP contribution in [-0.2, 0) is 6.42 Å². The van der Waals surface area contributed by atoms with Gasteiger partial charge in [0, 0.05) is 10.5 Å². The molecule has 0 amide bonds. The second-order valence-electron chi connectivity index (χ2n) is 4.81. The van der Waals surface area contributed by atoms with Gasteiger partial charge < -0.3 is 10.1 Å². The molecule has 0 saturated carbocycles. The molecule has 0 aliphatic rings. The Morgan fingerprint density at radius 1 is 1.19 bits per heavy atom. The summed E-state index contributed by atoms with van der Waals surface area (Å²) in [6, 6.07) is 11.8. The van der Waals surface area contributed by atoms with E-state index >= 15 is 0 Å². The van der Waals surface area contributed by atoms with Gasteiger partial charge in [-0.05, 0) is 37.1 Å². The first kappa shape index (κ1) is 16.5. The molecule has 112 valence electrons. The Kier molecular flexibility index (Phi) is 5.80. The van der Waals surface area contributed by atoms with E-state index in [9.17, 15) is 0 Å². The van der Waals surface area contributed by atoms with Crippen molar-refractivity contribution in [2.45, 2.75) is 19.4 Å². The standard InChI is InChI=1S/C16H16BrCl2NO/c1-10(7-11-5-3-4-6-15(11)21-2)20-16-13(18)8-12(17)9-14(16)19/h3-6,8-10,20H,7H2,1-2H3. The van der Waals surface area contributed by atoms with Crippen LogP contribution in [0.5, 0.6) is 5.75 Å². The highest BCUT2D eigenvalue weighted by atomic mass is 79.9. The van der Waals surface area contributed by atoms with Crippen molar-refractivity contribution in [1.82, 2.24) is 0 Å². The molecule has 5 heteroatoms. The molecule has 0 aliphatic heterocycles. The summed E-state index contributed by atoms with van der Waals surface area (Å²) >= 11 is 15.9. The number of anilines is 1. The van der Waals surface area contributed by atoms with Crippen molar-refractivity contribution in [1.29, 1.82) is 0 Å². The zero-order chi connectivity index (χ0) is 15.4. The van der Waals surface area contributed by atoms with Crippen LogP contribution in [0.15, 0.2) is 40.9 Å². The highest BCUT2D eigenvalue weighted by Gasteiger charge is 2.12. The second-order valence-corrected chi connectivity index (χ2v) is 6.54. The average Bonchev–Trinajstić information content (AvgIpc) is 2.43. The van der Waals surface area contributed by atoms with Gasteiger partial charge in [0.2, 0.25) is 0 Å². The molecule has 2 aromatic rings. The van der Waals surface area contributed by atoms with E-state index in [1.165, 1.54) is 0 Å². The lowest BCUT2D eigenvalue weighted by Crippen LogP contribution is -2.19. The van der Waals surface area contributed by atoms with Crippen molar-refractivity contribution in [2.75, 3.05) is 12.4 Å². The molecule has 2 aromatic carbocycles. The molecule has 0 aromatic heterocycles. The van der Waals surface area contributed by atoms with Gasteiger partial charge in [0.15, 0.2) is 0 Å². The van der Waals surface area contributed by atoms with E-state index in [4.69, 9.17) is 27.9 Å². The van der Waals surface area contributed by atoms with Crippen molar-refractivity contribution in [2.24, 2.45) is 0 Å². The van der Waals surface area contributed by atoms with Gasteiger partial charge in [-0.2, -0.15) is 0 Å². The fourth-order valence-electron chi connectivity index (χ4n) is 2.18. The maximum Gasteiger partial charge on any atom is 0.122 e. The minimum absolute atomic E-state index is 0.164. The van der Waals surface area contributed by atoms with Crippen LogP contribution in [0, 0.1) is 0 Å². The minimum Gasteiger partial charge on any atom is -0.496 e. The third-order valence-corrected chi connectivity index (χ3v) is 4.17. The van der Waals surface area contributed by atoms with Gasteiger partial charge in [0.05, 0.1) is 22.8 Å². The van der Waals surface area contributed by atoms with E-state index in [2.05, 4.69) is 34.2 Å². The van der Waals surface area contributed by atoms with Crippen LogP contribution in [0.1, 0.15) is 12.5 Å². The number of hydrogen-bond donors (Lipinski definition) is 1. The van der Waals surface area contributed by atoms with Gasteiger partial charge in [0.25, 0.3) is 0 Å². The first-order chi connectivity index (χ1) is 10.0. The summed E-state index contributed by atoms with van der Waals surface area (Å²) in [5.41, 5.74) is 1.90. The normalized spacial score (nSPS) is 12.0. The van der Waals surface area contributed by atoms with Gasteiger partial charge in [-0.25, -0.2) is 0 Å². The molecule has 0 saturated heterocycles. The molecule has 0 spiro atoms. The smallest absolute Gasteiger partial charge is 0.122 e. The first-order valence-corrected chi connectivity index (χ1v) is 8.09. The quantitative estimate of drug-likeness (QED) is 0.697. The molecule has 0 fully saturated rings. The molecule has 1 unspecified atom stereocenters. The van der Waals surface area contributed by atoms with Crippen LogP contribution in [0.4, 0.5) is 5.69 Å². The molecule has 1 atom stereocenters. The number of rotatable bonds is 5. The number of methoxy groups -OCH3 is 1. The van der Waals surface area contributed by atoms with E-state index < -0.39 is 0 Å². The van der Waals surface area contributed by atoms with Crippen molar-refractivity contribution < 1.29 is 4.74 Å². The third-order valence-electron chi connectivity index (χ3n) is 3.12. The Bertz CT molecular complexity index is 610. The molecule has 0 heterocycles. The number of ether oxygens (including phenoxy) is 1.